The van der Waals surface area contributed by atoms with E-state index in [1.807, 2.05) is 0 Å². The molecule has 0 aliphatic heterocycles. The molecule has 0 spiro atoms. The number of carbonyl (C=O) groups excluding carboxylic acids is 1. The van der Waals surface area contributed by atoms with E-state index < -0.39 is 17.3 Å². The molecule has 2 N–H and O–H groups in total. The molecule has 1 amide bonds. The SMILES string of the molecule is CNC(=O)c1cc2ccc(=O)n(-c3ccc(C(F)(F)F)cc3)c2[nH]1. The van der Waals surface area contributed by atoms with Gasteiger partial charge in [0.2, 0.25) is 0 Å². The molecule has 124 valence electrons. The third-order valence-electron chi connectivity index (χ3n) is 3.60. The number of benzene rings is 1. The molecule has 8 heteroatoms. The first-order valence-electron chi connectivity index (χ1n) is 6.96. The first-order chi connectivity index (χ1) is 11.3. The molecule has 5 nitrogen and oxygen atoms in total. The van der Waals surface area contributed by atoms with Crippen LogP contribution in [-0.4, -0.2) is 22.5 Å². The number of alkyl halides is 3. The Bertz CT molecular complexity index is 969. The van der Waals surface area contributed by atoms with Crippen molar-refractivity contribution < 1.29 is 18.0 Å². The predicted molar refractivity (Wildman–Crippen MR) is 82.3 cm³/mol. The van der Waals surface area contributed by atoms with Crippen molar-refractivity contribution >= 4 is 16.9 Å². The van der Waals surface area contributed by atoms with Crippen molar-refractivity contribution in [1.29, 1.82) is 0 Å². The first kappa shape index (κ1) is 15.9. The van der Waals surface area contributed by atoms with Crippen LogP contribution in [-0.2, 0) is 6.18 Å². The highest BCUT2D eigenvalue weighted by molar-refractivity contribution is 5.97. The zero-order valence-electron chi connectivity index (χ0n) is 12.4. The van der Waals surface area contributed by atoms with Gasteiger partial charge in [0.1, 0.15) is 11.3 Å². The molecular weight excluding hydrogens is 323 g/mol. The van der Waals surface area contributed by atoms with Crippen LogP contribution in [0.4, 0.5) is 13.2 Å². The van der Waals surface area contributed by atoms with E-state index in [1.54, 1.807) is 12.1 Å². The number of pyridine rings is 1. The number of hydrogen-bond acceptors (Lipinski definition) is 2. The fourth-order valence-electron chi connectivity index (χ4n) is 2.43. The zero-order valence-corrected chi connectivity index (χ0v) is 12.4. The summed E-state index contributed by atoms with van der Waals surface area (Å²) in [7, 11) is 1.47. The Labute approximate surface area is 133 Å². The standard InChI is InChI=1S/C16H12F3N3O2/c1-20-15(24)12-8-9-2-7-13(23)22(14(9)21-12)11-5-3-10(4-6-11)16(17,18)19/h2-8,21H,1H3,(H,20,24). The van der Waals surface area contributed by atoms with Crippen LogP contribution in [0.2, 0.25) is 0 Å². The highest BCUT2D eigenvalue weighted by Gasteiger charge is 2.30. The third-order valence-corrected chi connectivity index (χ3v) is 3.60. The minimum Gasteiger partial charge on any atom is -0.354 e. The summed E-state index contributed by atoms with van der Waals surface area (Å²) in [6, 6.07) is 8.64. The molecule has 3 aromatic rings. The maximum atomic E-state index is 12.7. The second-order valence-electron chi connectivity index (χ2n) is 5.12. The van der Waals surface area contributed by atoms with E-state index in [-0.39, 0.29) is 17.3 Å². The number of fused-ring (bicyclic) bond motifs is 1. The largest absolute Gasteiger partial charge is 0.416 e. The summed E-state index contributed by atoms with van der Waals surface area (Å²) in [4.78, 5) is 26.7. The van der Waals surface area contributed by atoms with E-state index >= 15 is 0 Å². The lowest BCUT2D eigenvalue weighted by molar-refractivity contribution is -0.137. The van der Waals surface area contributed by atoms with Crippen LogP contribution in [0.3, 0.4) is 0 Å². The number of rotatable bonds is 2. The second-order valence-corrected chi connectivity index (χ2v) is 5.12. The molecule has 0 aliphatic carbocycles. The molecule has 0 fully saturated rings. The quantitative estimate of drug-likeness (QED) is 0.756. The van der Waals surface area contributed by atoms with E-state index in [9.17, 15) is 22.8 Å². The van der Waals surface area contributed by atoms with Gasteiger partial charge in [0, 0.05) is 18.5 Å². The van der Waals surface area contributed by atoms with Crippen molar-refractivity contribution in [3.63, 3.8) is 0 Å². The smallest absolute Gasteiger partial charge is 0.354 e. The van der Waals surface area contributed by atoms with Gasteiger partial charge in [0.15, 0.2) is 0 Å². The number of aromatic nitrogens is 2. The lowest BCUT2D eigenvalue weighted by atomic mass is 10.2. The van der Waals surface area contributed by atoms with Crippen LogP contribution in [0.1, 0.15) is 16.1 Å². The van der Waals surface area contributed by atoms with E-state index in [2.05, 4.69) is 10.3 Å². The predicted octanol–water partition coefficient (Wildman–Crippen LogP) is 2.70. The Balaban J connectivity index is 2.18. The minimum atomic E-state index is -4.45. The molecule has 0 aliphatic rings. The zero-order chi connectivity index (χ0) is 17.5. The summed E-state index contributed by atoms with van der Waals surface area (Å²) in [5, 5.41) is 3.05. The van der Waals surface area contributed by atoms with Gasteiger partial charge in [-0.25, -0.2) is 0 Å². The Morgan fingerprint density at radius 1 is 1.12 bits per heavy atom. The van der Waals surface area contributed by atoms with Crippen molar-refractivity contribution in [3.8, 4) is 5.69 Å². The molecule has 2 heterocycles. The van der Waals surface area contributed by atoms with Crippen molar-refractivity contribution in [2.75, 3.05) is 7.05 Å². The number of nitrogens with zero attached hydrogens (tertiary/aromatic N) is 1. The number of H-pyrrole nitrogens is 1. The first-order valence-corrected chi connectivity index (χ1v) is 6.96. The molecule has 0 unspecified atom stereocenters. The molecule has 2 aromatic heterocycles. The second kappa shape index (κ2) is 5.55. The fourth-order valence-corrected chi connectivity index (χ4v) is 2.43. The van der Waals surface area contributed by atoms with Crippen LogP contribution in [0.25, 0.3) is 16.7 Å². The van der Waals surface area contributed by atoms with Gasteiger partial charge < -0.3 is 10.3 Å². The van der Waals surface area contributed by atoms with E-state index in [1.165, 1.54) is 29.8 Å². The van der Waals surface area contributed by atoms with Crippen LogP contribution in [0.15, 0.2) is 47.3 Å². The molecule has 0 radical (unpaired) electrons. The monoisotopic (exact) mass is 335 g/mol. The number of hydrogen-bond donors (Lipinski definition) is 2. The average Bonchev–Trinajstić information content (AvgIpc) is 2.97. The van der Waals surface area contributed by atoms with E-state index in [4.69, 9.17) is 0 Å². The summed E-state index contributed by atoms with van der Waals surface area (Å²) in [6.45, 7) is 0. The number of aromatic amines is 1. The Kier molecular flexibility index (Phi) is 3.67. The van der Waals surface area contributed by atoms with Gasteiger partial charge in [0.05, 0.1) is 11.3 Å². The lowest BCUT2D eigenvalue weighted by Crippen LogP contribution is -2.19. The number of halogens is 3. The van der Waals surface area contributed by atoms with Crippen LogP contribution < -0.4 is 10.9 Å². The van der Waals surface area contributed by atoms with Crippen molar-refractivity contribution in [3.05, 3.63) is 64.1 Å². The lowest BCUT2D eigenvalue weighted by Gasteiger charge is -2.10. The summed E-state index contributed by atoms with van der Waals surface area (Å²) in [5.41, 5.74) is -0.375. The number of nitrogens with one attached hydrogen (secondary N) is 2. The van der Waals surface area contributed by atoms with Crippen LogP contribution in [0.5, 0.6) is 0 Å². The Hall–Kier alpha value is -3.03. The molecule has 0 bridgehead atoms. The van der Waals surface area contributed by atoms with Crippen LogP contribution >= 0.6 is 0 Å². The number of carbonyl (C=O) groups is 1. The van der Waals surface area contributed by atoms with Crippen molar-refractivity contribution in [2.24, 2.45) is 0 Å². The van der Waals surface area contributed by atoms with E-state index in [0.717, 1.165) is 12.1 Å². The van der Waals surface area contributed by atoms with Gasteiger partial charge in [-0.05, 0) is 36.4 Å². The van der Waals surface area contributed by atoms with Gasteiger partial charge in [-0.3, -0.25) is 14.2 Å². The highest BCUT2D eigenvalue weighted by atomic mass is 19.4. The topological polar surface area (TPSA) is 66.9 Å². The molecule has 3 rings (SSSR count). The van der Waals surface area contributed by atoms with Crippen molar-refractivity contribution in [1.82, 2.24) is 14.9 Å². The minimum absolute atomic E-state index is 0.249. The van der Waals surface area contributed by atoms with Gasteiger partial charge in [0.25, 0.3) is 11.5 Å². The number of amides is 1. The molecule has 24 heavy (non-hydrogen) atoms. The summed E-state index contributed by atoms with van der Waals surface area (Å²) < 4.78 is 39.2. The molecule has 0 atom stereocenters. The molecular formula is C16H12F3N3O2. The molecule has 1 aromatic carbocycles. The van der Waals surface area contributed by atoms with Gasteiger partial charge in [-0.15, -0.1) is 0 Å². The van der Waals surface area contributed by atoms with Gasteiger partial charge in [-0.1, -0.05) is 0 Å². The highest BCUT2D eigenvalue weighted by Crippen LogP contribution is 2.29. The normalized spacial score (nSPS) is 11.7. The average molecular weight is 335 g/mol. The third kappa shape index (κ3) is 2.66. The summed E-state index contributed by atoms with van der Waals surface area (Å²) >= 11 is 0. The summed E-state index contributed by atoms with van der Waals surface area (Å²) in [5.74, 6) is -0.363. The van der Waals surface area contributed by atoms with E-state index in [0.29, 0.717) is 11.0 Å². The molecule has 0 saturated heterocycles. The summed E-state index contributed by atoms with van der Waals surface area (Å²) in [6.07, 6.45) is -4.45. The van der Waals surface area contributed by atoms with Crippen LogP contribution in [0, 0.1) is 0 Å². The maximum absolute atomic E-state index is 12.7. The van der Waals surface area contributed by atoms with Gasteiger partial charge >= 0.3 is 6.18 Å². The Morgan fingerprint density at radius 3 is 2.38 bits per heavy atom. The van der Waals surface area contributed by atoms with Gasteiger partial charge in [-0.2, -0.15) is 13.2 Å². The maximum Gasteiger partial charge on any atom is 0.416 e. The van der Waals surface area contributed by atoms with Crippen molar-refractivity contribution in [2.45, 2.75) is 6.18 Å². The fraction of sp³-hybridized carbons (Fsp3) is 0.125. The Morgan fingerprint density at radius 2 is 1.79 bits per heavy atom. The molecule has 0 saturated carbocycles.